The summed E-state index contributed by atoms with van der Waals surface area (Å²) in [6.45, 7) is 4.34. The second-order valence-electron chi connectivity index (χ2n) is 5.63. The number of amides is 1. The van der Waals surface area contributed by atoms with Gasteiger partial charge in [-0.2, -0.15) is 0 Å². The number of nitrogens with zero attached hydrogens (tertiary/aromatic N) is 1. The van der Waals surface area contributed by atoms with Crippen LogP contribution < -0.4 is 20.7 Å². The van der Waals surface area contributed by atoms with Crippen molar-refractivity contribution in [3.05, 3.63) is 29.8 Å². The molecule has 154 valence electrons. The number of aliphatic imine (C=N–C) groups is 1. The maximum absolute atomic E-state index is 12.4. The van der Waals surface area contributed by atoms with Gasteiger partial charge < -0.3 is 20.7 Å². The zero-order valence-corrected chi connectivity index (χ0v) is 17.9. The van der Waals surface area contributed by atoms with Gasteiger partial charge in [-0.1, -0.05) is 25.1 Å². The topological polar surface area (TPSA) is 74.8 Å². The van der Waals surface area contributed by atoms with E-state index in [2.05, 4.69) is 25.7 Å². The Hall–Kier alpha value is -1.72. The Balaban J connectivity index is 0.00000676. The molecule has 1 aromatic rings. The predicted octanol–water partition coefficient (Wildman–Crippen LogP) is 3.17. The molecule has 0 saturated heterocycles. The molecular formula is C17H26F3IN4O2. The Morgan fingerprint density at radius 3 is 2.52 bits per heavy atom. The van der Waals surface area contributed by atoms with Crippen LogP contribution >= 0.6 is 24.0 Å². The molecule has 0 aromatic heterocycles. The number of alkyl halides is 3. The van der Waals surface area contributed by atoms with E-state index in [-0.39, 0.29) is 54.6 Å². The first-order chi connectivity index (χ1) is 12.2. The number of carbonyl (C=O) groups is 1. The van der Waals surface area contributed by atoms with E-state index in [9.17, 15) is 18.0 Å². The molecule has 3 N–H and O–H groups in total. The first kappa shape index (κ1) is 25.3. The number of para-hydroxylation sites is 1. The third-order valence-electron chi connectivity index (χ3n) is 3.53. The lowest BCUT2D eigenvalue weighted by molar-refractivity contribution is -0.274. The number of hydrogen-bond acceptors (Lipinski definition) is 3. The van der Waals surface area contributed by atoms with Crippen LogP contribution in [0.2, 0.25) is 0 Å². The second kappa shape index (κ2) is 12.6. The summed E-state index contributed by atoms with van der Waals surface area (Å²) in [6.07, 6.45) is -3.64. The third kappa shape index (κ3) is 10.9. The highest BCUT2D eigenvalue weighted by Crippen LogP contribution is 2.25. The van der Waals surface area contributed by atoms with Gasteiger partial charge in [0.05, 0.1) is 0 Å². The minimum absolute atomic E-state index is 0. The van der Waals surface area contributed by atoms with E-state index in [1.807, 2.05) is 13.8 Å². The predicted molar refractivity (Wildman–Crippen MR) is 109 cm³/mol. The van der Waals surface area contributed by atoms with Crippen LogP contribution in [0.15, 0.2) is 29.3 Å². The molecule has 1 atom stereocenters. The van der Waals surface area contributed by atoms with Crippen LogP contribution in [-0.4, -0.2) is 37.9 Å². The van der Waals surface area contributed by atoms with Crippen LogP contribution in [0.4, 0.5) is 13.2 Å². The summed E-state index contributed by atoms with van der Waals surface area (Å²) in [5.74, 6) is 0.0326. The van der Waals surface area contributed by atoms with Gasteiger partial charge in [0.25, 0.3) is 0 Å². The molecule has 1 unspecified atom stereocenters. The highest BCUT2D eigenvalue weighted by molar-refractivity contribution is 14.0. The van der Waals surface area contributed by atoms with Crippen molar-refractivity contribution in [3.8, 4) is 5.75 Å². The standard InChI is InChI=1S/C17H25F3N4O2.HI/c1-4-12(2)24-15(25)9-10-22-16(21-3)23-11-13-7-5-6-8-14(13)26-17(18,19)20;/h5-8,12H,4,9-11H2,1-3H3,(H,24,25)(H2,21,22,23);1H. The summed E-state index contributed by atoms with van der Waals surface area (Å²) in [5.41, 5.74) is 0.335. The highest BCUT2D eigenvalue weighted by atomic mass is 127. The smallest absolute Gasteiger partial charge is 0.405 e. The largest absolute Gasteiger partial charge is 0.573 e. The van der Waals surface area contributed by atoms with Crippen LogP contribution in [0.1, 0.15) is 32.3 Å². The number of nitrogens with one attached hydrogen (secondary N) is 3. The molecule has 0 heterocycles. The summed E-state index contributed by atoms with van der Waals surface area (Å²) >= 11 is 0. The summed E-state index contributed by atoms with van der Waals surface area (Å²) in [6, 6.07) is 5.98. The van der Waals surface area contributed by atoms with Crippen molar-refractivity contribution >= 4 is 35.8 Å². The van der Waals surface area contributed by atoms with Crippen LogP contribution in [-0.2, 0) is 11.3 Å². The monoisotopic (exact) mass is 502 g/mol. The van der Waals surface area contributed by atoms with Gasteiger partial charge >= 0.3 is 6.36 Å². The van der Waals surface area contributed by atoms with Gasteiger partial charge in [0.2, 0.25) is 5.91 Å². The van der Waals surface area contributed by atoms with Crippen LogP contribution in [0.3, 0.4) is 0 Å². The van der Waals surface area contributed by atoms with E-state index in [0.717, 1.165) is 6.42 Å². The molecule has 0 saturated carbocycles. The Labute approximate surface area is 174 Å². The molecule has 1 amide bonds. The van der Waals surface area contributed by atoms with E-state index < -0.39 is 6.36 Å². The molecule has 0 spiro atoms. The van der Waals surface area contributed by atoms with E-state index in [4.69, 9.17) is 0 Å². The van der Waals surface area contributed by atoms with Crippen molar-refractivity contribution in [3.63, 3.8) is 0 Å². The molecule has 0 fully saturated rings. The Morgan fingerprint density at radius 2 is 1.93 bits per heavy atom. The third-order valence-corrected chi connectivity index (χ3v) is 3.53. The van der Waals surface area contributed by atoms with Gasteiger partial charge in [-0.3, -0.25) is 9.79 Å². The summed E-state index contributed by atoms with van der Waals surface area (Å²) < 4.78 is 41.3. The molecule has 0 radical (unpaired) electrons. The first-order valence-corrected chi connectivity index (χ1v) is 8.32. The number of halogens is 4. The average molecular weight is 502 g/mol. The van der Waals surface area contributed by atoms with Crippen molar-refractivity contribution in [2.75, 3.05) is 13.6 Å². The summed E-state index contributed by atoms with van der Waals surface area (Å²) in [4.78, 5) is 15.7. The molecule has 1 rings (SSSR count). The molecule has 10 heteroatoms. The van der Waals surface area contributed by atoms with Crippen molar-refractivity contribution in [1.82, 2.24) is 16.0 Å². The van der Waals surface area contributed by atoms with E-state index >= 15 is 0 Å². The second-order valence-corrected chi connectivity index (χ2v) is 5.63. The number of ether oxygens (including phenoxy) is 1. The van der Waals surface area contributed by atoms with Gasteiger partial charge in [0.1, 0.15) is 5.75 Å². The normalized spacial score (nSPS) is 12.6. The van der Waals surface area contributed by atoms with E-state index in [1.165, 1.54) is 25.2 Å². The molecule has 1 aromatic carbocycles. The van der Waals surface area contributed by atoms with Gasteiger partial charge in [-0.25, -0.2) is 0 Å². The van der Waals surface area contributed by atoms with Crippen molar-refractivity contribution in [2.45, 2.75) is 45.6 Å². The Morgan fingerprint density at radius 1 is 1.26 bits per heavy atom. The van der Waals surface area contributed by atoms with Crippen molar-refractivity contribution in [2.24, 2.45) is 4.99 Å². The molecule has 27 heavy (non-hydrogen) atoms. The van der Waals surface area contributed by atoms with Crippen LogP contribution in [0, 0.1) is 0 Å². The lowest BCUT2D eigenvalue weighted by Gasteiger charge is -2.16. The molecule has 6 nitrogen and oxygen atoms in total. The lowest BCUT2D eigenvalue weighted by Crippen LogP contribution is -2.40. The zero-order valence-electron chi connectivity index (χ0n) is 15.5. The minimum Gasteiger partial charge on any atom is -0.405 e. The van der Waals surface area contributed by atoms with E-state index in [1.54, 1.807) is 6.07 Å². The maximum Gasteiger partial charge on any atom is 0.573 e. The summed E-state index contributed by atoms with van der Waals surface area (Å²) in [7, 11) is 1.53. The molecule has 0 aliphatic heterocycles. The maximum atomic E-state index is 12.4. The number of carbonyl (C=O) groups excluding carboxylic acids is 1. The zero-order chi connectivity index (χ0) is 19.6. The fourth-order valence-electron chi connectivity index (χ4n) is 2.02. The van der Waals surface area contributed by atoms with Gasteiger partial charge in [0.15, 0.2) is 5.96 Å². The SMILES string of the molecule is CCC(C)NC(=O)CCNC(=NC)NCc1ccccc1OC(F)(F)F.I. The van der Waals surface area contributed by atoms with Gasteiger partial charge in [0, 0.05) is 38.2 Å². The first-order valence-electron chi connectivity index (χ1n) is 8.32. The summed E-state index contributed by atoms with van der Waals surface area (Å²) in [5, 5.41) is 8.69. The fraction of sp³-hybridized carbons (Fsp3) is 0.529. The fourth-order valence-corrected chi connectivity index (χ4v) is 2.02. The number of hydrogen-bond donors (Lipinski definition) is 3. The molecule has 0 aliphatic carbocycles. The van der Waals surface area contributed by atoms with Crippen LogP contribution in [0.5, 0.6) is 5.75 Å². The number of benzene rings is 1. The Kier molecular flexibility index (Phi) is 11.8. The van der Waals surface area contributed by atoms with Crippen LogP contribution in [0.25, 0.3) is 0 Å². The van der Waals surface area contributed by atoms with Gasteiger partial charge in [-0.15, -0.1) is 37.1 Å². The minimum atomic E-state index is -4.75. The average Bonchev–Trinajstić information content (AvgIpc) is 2.57. The lowest BCUT2D eigenvalue weighted by atomic mass is 10.2. The Bertz CT molecular complexity index is 612. The van der Waals surface area contributed by atoms with Crippen molar-refractivity contribution < 1.29 is 22.7 Å². The quantitative estimate of drug-likeness (QED) is 0.290. The highest BCUT2D eigenvalue weighted by Gasteiger charge is 2.31. The molecule has 0 aliphatic rings. The molecule has 0 bridgehead atoms. The van der Waals surface area contributed by atoms with E-state index in [0.29, 0.717) is 18.1 Å². The van der Waals surface area contributed by atoms with Gasteiger partial charge in [-0.05, 0) is 19.4 Å². The molecular weight excluding hydrogens is 476 g/mol. The number of rotatable bonds is 8. The van der Waals surface area contributed by atoms with Crippen molar-refractivity contribution in [1.29, 1.82) is 0 Å². The number of guanidine groups is 1.